The summed E-state index contributed by atoms with van der Waals surface area (Å²) in [5.74, 6) is 0.136. The maximum Gasteiger partial charge on any atom is 0.257 e. The second kappa shape index (κ2) is 6.31. The molecule has 24 heavy (non-hydrogen) atoms. The summed E-state index contributed by atoms with van der Waals surface area (Å²) in [4.78, 5) is 17.9. The SMILES string of the molecule is O=C(NC1=NC[C@H]2CNC[C@]2(c2ccc(F)s2)S1)c1ccccc1. The lowest BCUT2D eigenvalue weighted by Gasteiger charge is -2.36. The molecule has 4 rings (SSSR count). The second-order valence-corrected chi connectivity index (χ2v) is 8.24. The van der Waals surface area contributed by atoms with E-state index in [1.165, 1.54) is 29.2 Å². The molecule has 7 heteroatoms. The van der Waals surface area contributed by atoms with E-state index in [0.29, 0.717) is 23.2 Å². The molecule has 0 bridgehead atoms. The van der Waals surface area contributed by atoms with Crippen LogP contribution in [-0.4, -0.2) is 30.7 Å². The first kappa shape index (κ1) is 15.8. The number of rotatable bonds is 2. The van der Waals surface area contributed by atoms with Crippen LogP contribution in [0.15, 0.2) is 47.5 Å². The van der Waals surface area contributed by atoms with E-state index < -0.39 is 0 Å². The molecule has 0 radical (unpaired) electrons. The molecule has 2 aliphatic rings. The summed E-state index contributed by atoms with van der Waals surface area (Å²) in [7, 11) is 0. The van der Waals surface area contributed by atoms with Crippen molar-refractivity contribution < 1.29 is 9.18 Å². The number of halogens is 1. The number of amidine groups is 1. The molecule has 3 heterocycles. The Balaban J connectivity index is 1.57. The summed E-state index contributed by atoms with van der Waals surface area (Å²) >= 11 is 2.72. The van der Waals surface area contributed by atoms with Gasteiger partial charge in [-0.2, -0.15) is 4.39 Å². The molecule has 124 valence electrons. The highest BCUT2D eigenvalue weighted by atomic mass is 32.2. The number of hydrogen-bond donors (Lipinski definition) is 2. The minimum atomic E-state index is -0.254. The van der Waals surface area contributed by atoms with Crippen LogP contribution in [0.25, 0.3) is 0 Å². The Hall–Kier alpha value is -1.70. The lowest BCUT2D eigenvalue weighted by Crippen LogP contribution is -2.41. The average molecular weight is 361 g/mol. The first-order valence-electron chi connectivity index (χ1n) is 7.74. The van der Waals surface area contributed by atoms with Crippen molar-refractivity contribution in [3.05, 3.63) is 58.0 Å². The quantitative estimate of drug-likeness (QED) is 0.865. The van der Waals surface area contributed by atoms with Crippen molar-refractivity contribution in [3.8, 4) is 0 Å². The second-order valence-electron chi connectivity index (χ2n) is 5.89. The number of thioether (sulfide) groups is 1. The van der Waals surface area contributed by atoms with Gasteiger partial charge in [-0.25, -0.2) is 0 Å². The van der Waals surface area contributed by atoms with Gasteiger partial charge in [-0.1, -0.05) is 30.0 Å². The predicted molar refractivity (Wildman–Crippen MR) is 96.1 cm³/mol. The van der Waals surface area contributed by atoms with Crippen molar-refractivity contribution in [2.24, 2.45) is 10.9 Å². The zero-order valence-corrected chi connectivity index (χ0v) is 14.4. The number of thiophene rings is 1. The normalized spacial score (nSPS) is 25.9. The Bertz CT molecular complexity index is 792. The van der Waals surface area contributed by atoms with Crippen molar-refractivity contribution in [2.75, 3.05) is 19.6 Å². The Labute approximate surface area is 147 Å². The molecule has 2 aliphatic heterocycles. The van der Waals surface area contributed by atoms with Gasteiger partial charge in [0.1, 0.15) is 0 Å². The number of fused-ring (bicyclic) bond motifs is 1. The summed E-state index contributed by atoms with van der Waals surface area (Å²) < 4.78 is 13.3. The van der Waals surface area contributed by atoms with Gasteiger partial charge >= 0.3 is 0 Å². The van der Waals surface area contributed by atoms with Crippen LogP contribution in [0.2, 0.25) is 0 Å². The number of aliphatic imine (C=N–C) groups is 1. The van der Waals surface area contributed by atoms with E-state index in [4.69, 9.17) is 0 Å². The largest absolute Gasteiger partial charge is 0.315 e. The van der Waals surface area contributed by atoms with E-state index in [1.807, 2.05) is 24.3 Å². The average Bonchev–Trinajstić information content (AvgIpc) is 3.22. The van der Waals surface area contributed by atoms with E-state index in [-0.39, 0.29) is 15.8 Å². The van der Waals surface area contributed by atoms with E-state index in [9.17, 15) is 9.18 Å². The molecule has 1 amide bonds. The zero-order valence-electron chi connectivity index (χ0n) is 12.8. The van der Waals surface area contributed by atoms with Crippen molar-refractivity contribution in [2.45, 2.75) is 4.75 Å². The molecule has 0 unspecified atom stereocenters. The number of nitrogens with zero attached hydrogens (tertiary/aromatic N) is 1. The molecule has 1 aromatic carbocycles. The molecule has 2 N–H and O–H groups in total. The highest BCUT2D eigenvalue weighted by Crippen LogP contribution is 2.50. The number of carbonyl (C=O) groups excluding carboxylic acids is 1. The Morgan fingerprint density at radius 1 is 1.29 bits per heavy atom. The van der Waals surface area contributed by atoms with Crippen LogP contribution in [0.1, 0.15) is 15.2 Å². The predicted octanol–water partition coefficient (Wildman–Crippen LogP) is 2.83. The maximum atomic E-state index is 13.6. The van der Waals surface area contributed by atoms with Crippen LogP contribution in [0.4, 0.5) is 4.39 Å². The molecule has 2 atom stereocenters. The highest BCUT2D eigenvalue weighted by molar-refractivity contribution is 8.14. The number of carbonyl (C=O) groups is 1. The van der Waals surface area contributed by atoms with Crippen LogP contribution in [0, 0.1) is 11.0 Å². The van der Waals surface area contributed by atoms with Gasteiger partial charge in [0.2, 0.25) is 0 Å². The van der Waals surface area contributed by atoms with Crippen molar-refractivity contribution in [1.82, 2.24) is 10.6 Å². The molecule has 0 spiro atoms. The first-order chi connectivity index (χ1) is 11.7. The van der Waals surface area contributed by atoms with E-state index in [0.717, 1.165) is 18.0 Å². The lowest BCUT2D eigenvalue weighted by atomic mass is 9.93. The topological polar surface area (TPSA) is 53.5 Å². The number of amides is 1. The fourth-order valence-electron chi connectivity index (χ4n) is 3.17. The third-order valence-corrected chi connectivity index (χ3v) is 7.09. The summed E-state index contributed by atoms with van der Waals surface area (Å²) in [5.41, 5.74) is 0.601. The summed E-state index contributed by atoms with van der Waals surface area (Å²) in [6, 6.07) is 12.4. The Kier molecular flexibility index (Phi) is 4.15. The molecule has 1 saturated heterocycles. The van der Waals surface area contributed by atoms with Crippen LogP contribution in [-0.2, 0) is 4.75 Å². The molecule has 0 saturated carbocycles. The van der Waals surface area contributed by atoms with Crippen LogP contribution >= 0.6 is 23.1 Å². The van der Waals surface area contributed by atoms with Gasteiger partial charge in [0.15, 0.2) is 10.3 Å². The fraction of sp³-hybridized carbons (Fsp3) is 0.294. The molecule has 4 nitrogen and oxygen atoms in total. The fourth-order valence-corrected chi connectivity index (χ4v) is 5.61. The van der Waals surface area contributed by atoms with Crippen molar-refractivity contribution in [3.63, 3.8) is 0 Å². The number of nitrogens with one attached hydrogen (secondary N) is 2. The summed E-state index contributed by atoms with van der Waals surface area (Å²) in [5, 5.41) is 6.73. The molecule has 1 aromatic heterocycles. The monoisotopic (exact) mass is 361 g/mol. The van der Waals surface area contributed by atoms with Crippen LogP contribution in [0.5, 0.6) is 0 Å². The summed E-state index contributed by atoms with van der Waals surface area (Å²) in [6.07, 6.45) is 0. The van der Waals surface area contributed by atoms with Crippen molar-refractivity contribution >= 4 is 34.2 Å². The molecule has 1 fully saturated rings. The number of benzene rings is 1. The van der Waals surface area contributed by atoms with Gasteiger partial charge in [0, 0.05) is 36.0 Å². The zero-order chi connectivity index (χ0) is 16.6. The van der Waals surface area contributed by atoms with Gasteiger partial charge in [-0.15, -0.1) is 11.3 Å². The first-order valence-corrected chi connectivity index (χ1v) is 9.37. The minimum absolute atomic E-state index is 0.168. The lowest BCUT2D eigenvalue weighted by molar-refractivity contribution is 0.0977. The van der Waals surface area contributed by atoms with E-state index in [2.05, 4.69) is 15.6 Å². The molecular formula is C17H16FN3OS2. The summed E-state index contributed by atoms with van der Waals surface area (Å²) in [6.45, 7) is 2.24. The van der Waals surface area contributed by atoms with Gasteiger partial charge in [0.25, 0.3) is 5.91 Å². The van der Waals surface area contributed by atoms with Gasteiger partial charge in [0.05, 0.1) is 4.75 Å². The maximum absolute atomic E-state index is 13.6. The molecule has 0 aliphatic carbocycles. The third kappa shape index (κ3) is 2.76. The van der Waals surface area contributed by atoms with E-state index in [1.54, 1.807) is 12.1 Å². The van der Waals surface area contributed by atoms with Gasteiger partial charge in [-0.3, -0.25) is 9.79 Å². The van der Waals surface area contributed by atoms with Gasteiger partial charge in [-0.05, 0) is 24.3 Å². The molecular weight excluding hydrogens is 345 g/mol. The van der Waals surface area contributed by atoms with Crippen LogP contribution in [0.3, 0.4) is 0 Å². The minimum Gasteiger partial charge on any atom is -0.315 e. The van der Waals surface area contributed by atoms with Gasteiger partial charge < -0.3 is 10.6 Å². The van der Waals surface area contributed by atoms with Crippen molar-refractivity contribution in [1.29, 1.82) is 0 Å². The van der Waals surface area contributed by atoms with E-state index >= 15 is 0 Å². The Morgan fingerprint density at radius 2 is 2.12 bits per heavy atom. The molecule has 2 aromatic rings. The van der Waals surface area contributed by atoms with Crippen LogP contribution < -0.4 is 10.6 Å². The standard InChI is InChI=1S/C17H16FN3OS2/c18-14-7-6-13(23-14)17-10-19-8-12(17)9-20-16(24-17)21-15(22)11-4-2-1-3-5-11/h1-7,12,19H,8-10H2,(H,20,21,22)/t12-,17+/m1/s1. The smallest absolute Gasteiger partial charge is 0.257 e. The number of hydrogen-bond acceptors (Lipinski definition) is 5. The third-order valence-electron chi connectivity index (χ3n) is 4.42. The highest BCUT2D eigenvalue weighted by Gasteiger charge is 2.49. The Morgan fingerprint density at radius 3 is 2.88 bits per heavy atom.